The Kier molecular flexibility index (Phi) is 6.16. The minimum absolute atomic E-state index is 0.0403. The molecule has 116 valence electrons. The van der Waals surface area contributed by atoms with Crippen molar-refractivity contribution in [1.29, 1.82) is 0 Å². The van der Waals surface area contributed by atoms with Crippen LogP contribution in [0.1, 0.15) is 31.7 Å². The van der Waals surface area contributed by atoms with Crippen molar-refractivity contribution >= 4 is 11.6 Å². The normalized spacial score (nSPS) is 13.4. The van der Waals surface area contributed by atoms with Crippen molar-refractivity contribution in [3.05, 3.63) is 66.2 Å². The number of hydrogen-bond donors (Lipinski definition) is 2. The van der Waals surface area contributed by atoms with E-state index in [0.717, 1.165) is 12.2 Å². The highest BCUT2D eigenvalue weighted by atomic mass is 16.1. The molecule has 0 fully saturated rings. The molecule has 2 unspecified atom stereocenters. The van der Waals surface area contributed by atoms with Gasteiger partial charge < -0.3 is 10.6 Å². The molecular formula is C19H24N2O. The summed E-state index contributed by atoms with van der Waals surface area (Å²) < 4.78 is 0. The largest absolute Gasteiger partial charge is 0.326 e. The Morgan fingerprint density at radius 2 is 1.55 bits per heavy atom. The third-order valence-corrected chi connectivity index (χ3v) is 3.69. The van der Waals surface area contributed by atoms with Gasteiger partial charge >= 0.3 is 0 Å². The van der Waals surface area contributed by atoms with Crippen LogP contribution in [0, 0.1) is 0 Å². The van der Waals surface area contributed by atoms with Crippen molar-refractivity contribution < 1.29 is 4.79 Å². The zero-order valence-electron chi connectivity index (χ0n) is 13.3. The fourth-order valence-corrected chi connectivity index (χ4v) is 2.36. The molecule has 2 aromatic rings. The van der Waals surface area contributed by atoms with Crippen LogP contribution in [-0.2, 0) is 4.79 Å². The Labute approximate surface area is 132 Å². The Balaban J connectivity index is 1.73. The fourth-order valence-electron chi connectivity index (χ4n) is 2.36. The van der Waals surface area contributed by atoms with E-state index in [9.17, 15) is 4.79 Å². The number of rotatable bonds is 7. The molecule has 22 heavy (non-hydrogen) atoms. The first-order valence-corrected chi connectivity index (χ1v) is 7.78. The highest BCUT2D eigenvalue weighted by Gasteiger charge is 2.11. The highest BCUT2D eigenvalue weighted by Crippen LogP contribution is 2.13. The summed E-state index contributed by atoms with van der Waals surface area (Å²) in [6.07, 6.45) is 0.469. The van der Waals surface area contributed by atoms with E-state index in [2.05, 4.69) is 41.8 Å². The monoisotopic (exact) mass is 296 g/mol. The number of anilines is 1. The lowest BCUT2D eigenvalue weighted by molar-refractivity contribution is -0.116. The average Bonchev–Trinajstić information content (AvgIpc) is 2.54. The maximum absolute atomic E-state index is 12.0. The Bertz CT molecular complexity index is 569. The van der Waals surface area contributed by atoms with Gasteiger partial charge in [-0.25, -0.2) is 0 Å². The zero-order valence-corrected chi connectivity index (χ0v) is 13.3. The van der Waals surface area contributed by atoms with E-state index in [-0.39, 0.29) is 11.9 Å². The van der Waals surface area contributed by atoms with Gasteiger partial charge in [0.15, 0.2) is 0 Å². The van der Waals surface area contributed by atoms with E-state index in [1.54, 1.807) is 0 Å². The maximum atomic E-state index is 12.0. The van der Waals surface area contributed by atoms with Crippen molar-refractivity contribution in [2.75, 3.05) is 11.9 Å². The van der Waals surface area contributed by atoms with E-state index in [1.165, 1.54) is 5.56 Å². The van der Waals surface area contributed by atoms with Crippen LogP contribution < -0.4 is 10.6 Å². The number of carbonyl (C=O) groups is 1. The van der Waals surface area contributed by atoms with Gasteiger partial charge in [-0.2, -0.15) is 0 Å². The molecule has 0 aliphatic heterocycles. The van der Waals surface area contributed by atoms with Crippen LogP contribution in [0.5, 0.6) is 0 Å². The topological polar surface area (TPSA) is 41.1 Å². The van der Waals surface area contributed by atoms with Crippen LogP contribution >= 0.6 is 0 Å². The number of amides is 1. The minimum Gasteiger partial charge on any atom is -0.326 e. The second kappa shape index (κ2) is 8.35. The van der Waals surface area contributed by atoms with Crippen LogP contribution in [0.3, 0.4) is 0 Å². The van der Waals surface area contributed by atoms with Crippen molar-refractivity contribution in [2.45, 2.75) is 32.2 Å². The van der Waals surface area contributed by atoms with Gasteiger partial charge in [-0.3, -0.25) is 4.79 Å². The number of carbonyl (C=O) groups excluding carboxylic acids is 1. The Morgan fingerprint density at radius 1 is 0.955 bits per heavy atom. The van der Waals surface area contributed by atoms with Gasteiger partial charge in [0.05, 0.1) is 0 Å². The number of para-hydroxylation sites is 1. The van der Waals surface area contributed by atoms with Gasteiger partial charge in [0.2, 0.25) is 5.91 Å². The molecule has 2 rings (SSSR count). The van der Waals surface area contributed by atoms with Crippen LogP contribution in [0.4, 0.5) is 5.69 Å². The first kappa shape index (κ1) is 16.2. The second-order valence-electron chi connectivity index (χ2n) is 5.74. The predicted molar refractivity (Wildman–Crippen MR) is 92.0 cm³/mol. The second-order valence-corrected chi connectivity index (χ2v) is 5.74. The Morgan fingerprint density at radius 3 is 2.18 bits per heavy atom. The molecular weight excluding hydrogens is 272 g/mol. The minimum atomic E-state index is 0.0403. The molecule has 0 aromatic heterocycles. The molecule has 0 saturated heterocycles. The number of benzene rings is 2. The molecule has 2 aromatic carbocycles. The van der Waals surface area contributed by atoms with Crippen molar-refractivity contribution in [3.63, 3.8) is 0 Å². The number of nitrogens with one attached hydrogen (secondary N) is 2. The summed E-state index contributed by atoms with van der Waals surface area (Å²) in [5.41, 5.74) is 2.16. The Hall–Kier alpha value is -2.13. The third kappa shape index (κ3) is 5.34. The maximum Gasteiger partial charge on any atom is 0.225 e. The molecule has 0 bridgehead atoms. The lowest BCUT2D eigenvalue weighted by Crippen LogP contribution is -2.33. The van der Waals surface area contributed by atoms with Gasteiger partial charge in [-0.15, -0.1) is 0 Å². The number of hydrogen-bond acceptors (Lipinski definition) is 2. The molecule has 0 radical (unpaired) electrons. The van der Waals surface area contributed by atoms with E-state index in [4.69, 9.17) is 0 Å². The summed E-state index contributed by atoms with van der Waals surface area (Å²) >= 11 is 0. The predicted octanol–water partition coefficient (Wildman–Crippen LogP) is 3.80. The van der Waals surface area contributed by atoms with E-state index < -0.39 is 0 Å². The average molecular weight is 296 g/mol. The van der Waals surface area contributed by atoms with Crippen molar-refractivity contribution in [2.24, 2.45) is 0 Å². The summed E-state index contributed by atoms with van der Waals surface area (Å²) in [6, 6.07) is 20.1. The first-order valence-electron chi connectivity index (χ1n) is 7.78. The molecule has 3 nitrogen and oxygen atoms in total. The van der Waals surface area contributed by atoms with Gasteiger partial charge in [0.1, 0.15) is 0 Å². The zero-order chi connectivity index (χ0) is 15.8. The SMILES string of the molecule is CC(CC(=O)Nc1ccccc1)NCC(C)c1ccccc1. The first-order chi connectivity index (χ1) is 10.6. The molecule has 0 aliphatic rings. The van der Waals surface area contributed by atoms with Gasteiger partial charge in [0, 0.05) is 24.7 Å². The van der Waals surface area contributed by atoms with Crippen LogP contribution in [0.15, 0.2) is 60.7 Å². The summed E-state index contributed by atoms with van der Waals surface area (Å²) in [6.45, 7) is 5.10. The molecule has 0 saturated carbocycles. The molecule has 2 atom stereocenters. The van der Waals surface area contributed by atoms with Crippen LogP contribution in [0.2, 0.25) is 0 Å². The molecule has 1 amide bonds. The van der Waals surface area contributed by atoms with Crippen LogP contribution in [-0.4, -0.2) is 18.5 Å². The van der Waals surface area contributed by atoms with Crippen molar-refractivity contribution in [3.8, 4) is 0 Å². The quantitative estimate of drug-likeness (QED) is 0.816. The van der Waals surface area contributed by atoms with Crippen molar-refractivity contribution in [1.82, 2.24) is 5.32 Å². The summed E-state index contributed by atoms with van der Waals surface area (Å²) in [5.74, 6) is 0.472. The van der Waals surface area contributed by atoms with E-state index in [1.807, 2.05) is 43.3 Å². The standard InChI is InChI=1S/C19H24N2O/c1-15(17-9-5-3-6-10-17)14-20-16(2)13-19(22)21-18-11-7-4-8-12-18/h3-12,15-16,20H,13-14H2,1-2H3,(H,21,22). The van der Waals surface area contributed by atoms with Gasteiger partial charge in [0.25, 0.3) is 0 Å². The summed E-state index contributed by atoms with van der Waals surface area (Å²) in [5, 5.41) is 6.35. The van der Waals surface area contributed by atoms with Crippen LogP contribution in [0.25, 0.3) is 0 Å². The van der Waals surface area contributed by atoms with E-state index >= 15 is 0 Å². The molecule has 2 N–H and O–H groups in total. The lowest BCUT2D eigenvalue weighted by atomic mass is 10.0. The molecule has 3 heteroatoms. The summed E-state index contributed by atoms with van der Waals surface area (Å²) in [7, 11) is 0. The lowest BCUT2D eigenvalue weighted by Gasteiger charge is -2.18. The van der Waals surface area contributed by atoms with E-state index in [0.29, 0.717) is 12.3 Å². The molecule has 0 heterocycles. The smallest absolute Gasteiger partial charge is 0.225 e. The fraction of sp³-hybridized carbons (Fsp3) is 0.316. The third-order valence-electron chi connectivity index (χ3n) is 3.69. The van der Waals surface area contributed by atoms with Gasteiger partial charge in [-0.05, 0) is 30.5 Å². The van der Waals surface area contributed by atoms with Gasteiger partial charge in [-0.1, -0.05) is 55.5 Å². The highest BCUT2D eigenvalue weighted by molar-refractivity contribution is 5.90. The molecule has 0 aliphatic carbocycles. The molecule has 0 spiro atoms. The summed E-state index contributed by atoms with van der Waals surface area (Å²) in [4.78, 5) is 12.0.